The van der Waals surface area contributed by atoms with Crippen LogP contribution in [0.2, 0.25) is 0 Å². The van der Waals surface area contributed by atoms with E-state index < -0.39 is 5.97 Å². The molecule has 0 aliphatic carbocycles. The predicted molar refractivity (Wildman–Crippen MR) is 95.1 cm³/mol. The fourth-order valence-electron chi connectivity index (χ4n) is 2.65. The second-order valence-electron chi connectivity index (χ2n) is 5.74. The van der Waals surface area contributed by atoms with Gasteiger partial charge in [-0.1, -0.05) is 12.1 Å². The van der Waals surface area contributed by atoms with Gasteiger partial charge in [-0.25, -0.2) is 4.79 Å². The number of benzene rings is 1. The minimum Gasteiger partial charge on any atom is -0.493 e. The number of methoxy groups -OCH3 is 1. The Hall–Kier alpha value is -3.46. The maximum atomic E-state index is 12.0. The van der Waals surface area contributed by atoms with Crippen molar-refractivity contribution in [3.63, 3.8) is 0 Å². The first-order chi connectivity index (χ1) is 12.6. The molecule has 26 heavy (non-hydrogen) atoms. The number of nitrogens with zero attached hydrogens (tertiary/aromatic N) is 2. The van der Waals surface area contributed by atoms with Gasteiger partial charge in [0.05, 0.1) is 18.2 Å². The van der Waals surface area contributed by atoms with Crippen LogP contribution in [0.15, 0.2) is 48.8 Å². The highest BCUT2D eigenvalue weighted by Gasteiger charge is 2.13. The molecule has 0 saturated carbocycles. The number of aromatic nitrogens is 1. The van der Waals surface area contributed by atoms with E-state index in [2.05, 4.69) is 6.07 Å². The van der Waals surface area contributed by atoms with Gasteiger partial charge in [-0.15, -0.1) is 0 Å². The normalized spacial score (nSPS) is 10.3. The van der Waals surface area contributed by atoms with Crippen molar-refractivity contribution in [1.29, 1.82) is 5.26 Å². The molecule has 0 amide bonds. The number of hydrogen-bond acceptors (Lipinski definition) is 5. The quantitative estimate of drug-likeness (QED) is 0.638. The fraction of sp³-hybridized carbons (Fsp3) is 0.200. The minimum absolute atomic E-state index is 0.0117. The Morgan fingerprint density at radius 2 is 2.08 bits per heavy atom. The third-order valence-corrected chi connectivity index (χ3v) is 3.93. The van der Waals surface area contributed by atoms with E-state index in [0.717, 1.165) is 11.1 Å². The molecule has 0 N–H and O–H groups in total. The summed E-state index contributed by atoms with van der Waals surface area (Å²) in [5.41, 5.74) is 2.96. The first kappa shape index (κ1) is 17.4. The van der Waals surface area contributed by atoms with Gasteiger partial charge >= 0.3 is 5.97 Å². The van der Waals surface area contributed by atoms with Crippen molar-refractivity contribution in [3.05, 3.63) is 65.5 Å². The summed E-state index contributed by atoms with van der Waals surface area (Å²) < 4.78 is 17.8. The third kappa shape index (κ3) is 3.62. The zero-order valence-corrected chi connectivity index (χ0v) is 14.6. The van der Waals surface area contributed by atoms with Crippen molar-refractivity contribution in [2.75, 3.05) is 13.7 Å². The standard InChI is InChI=1S/C20H18N2O4/c1-14-6-7-18(19(9-14)24-2)25-13-20(23)26-12-15-11-22-8-4-3-5-17(22)16(15)10-21/h3-9,11H,12-13H2,1-2H3. The lowest BCUT2D eigenvalue weighted by molar-refractivity contribution is -0.147. The summed E-state index contributed by atoms with van der Waals surface area (Å²) in [6.07, 6.45) is 3.62. The van der Waals surface area contributed by atoms with Crippen molar-refractivity contribution in [2.45, 2.75) is 13.5 Å². The van der Waals surface area contributed by atoms with Gasteiger partial charge in [0.1, 0.15) is 12.7 Å². The summed E-state index contributed by atoms with van der Waals surface area (Å²) >= 11 is 0. The topological polar surface area (TPSA) is 73.0 Å². The number of hydrogen-bond donors (Lipinski definition) is 0. The molecule has 6 heteroatoms. The number of fused-ring (bicyclic) bond motifs is 1. The SMILES string of the molecule is COc1cc(C)ccc1OCC(=O)OCc1cn2ccccc2c1C#N. The van der Waals surface area contributed by atoms with Crippen molar-refractivity contribution in [2.24, 2.45) is 0 Å². The Morgan fingerprint density at radius 3 is 2.85 bits per heavy atom. The van der Waals surface area contributed by atoms with Crippen LogP contribution in [0, 0.1) is 18.3 Å². The van der Waals surface area contributed by atoms with Gasteiger partial charge in [0, 0.05) is 18.0 Å². The van der Waals surface area contributed by atoms with Crippen LogP contribution < -0.4 is 9.47 Å². The number of aryl methyl sites for hydroxylation is 1. The van der Waals surface area contributed by atoms with E-state index >= 15 is 0 Å². The van der Waals surface area contributed by atoms with E-state index in [4.69, 9.17) is 14.2 Å². The van der Waals surface area contributed by atoms with Gasteiger partial charge in [-0.3, -0.25) is 0 Å². The van der Waals surface area contributed by atoms with Gasteiger partial charge < -0.3 is 18.6 Å². The van der Waals surface area contributed by atoms with Crippen molar-refractivity contribution in [3.8, 4) is 17.6 Å². The molecule has 0 aliphatic heterocycles. The number of rotatable bonds is 6. The summed E-state index contributed by atoms with van der Waals surface area (Å²) in [5, 5.41) is 9.36. The summed E-state index contributed by atoms with van der Waals surface area (Å²) in [5.74, 6) is 0.511. The van der Waals surface area contributed by atoms with Crippen molar-refractivity contribution >= 4 is 11.5 Å². The monoisotopic (exact) mass is 350 g/mol. The maximum Gasteiger partial charge on any atom is 0.344 e. The van der Waals surface area contributed by atoms with Crippen molar-refractivity contribution in [1.82, 2.24) is 4.40 Å². The Morgan fingerprint density at radius 1 is 1.23 bits per heavy atom. The Kier molecular flexibility index (Phi) is 5.09. The fourth-order valence-corrected chi connectivity index (χ4v) is 2.65. The van der Waals surface area contributed by atoms with Crippen LogP contribution in [0.1, 0.15) is 16.7 Å². The molecule has 3 rings (SSSR count). The zero-order valence-electron chi connectivity index (χ0n) is 14.6. The smallest absolute Gasteiger partial charge is 0.344 e. The van der Waals surface area contributed by atoms with Gasteiger partial charge in [0.2, 0.25) is 0 Å². The van der Waals surface area contributed by atoms with Crippen molar-refractivity contribution < 1.29 is 19.0 Å². The lowest BCUT2D eigenvalue weighted by Crippen LogP contribution is -2.15. The Balaban J connectivity index is 1.62. The number of nitriles is 1. The van der Waals surface area contributed by atoms with Crippen LogP contribution in [-0.2, 0) is 16.1 Å². The number of carbonyl (C=O) groups is 1. The molecule has 6 nitrogen and oxygen atoms in total. The van der Waals surface area contributed by atoms with Crippen LogP contribution in [0.3, 0.4) is 0 Å². The van der Waals surface area contributed by atoms with Gasteiger partial charge in [0.15, 0.2) is 18.1 Å². The van der Waals surface area contributed by atoms with E-state index in [1.165, 1.54) is 0 Å². The lowest BCUT2D eigenvalue weighted by atomic mass is 10.2. The number of ether oxygens (including phenoxy) is 3. The van der Waals surface area contributed by atoms with Gasteiger partial charge in [-0.05, 0) is 36.8 Å². The summed E-state index contributed by atoms with van der Waals surface area (Å²) in [6.45, 7) is 1.71. The van der Waals surface area contributed by atoms with Crippen LogP contribution in [-0.4, -0.2) is 24.1 Å². The van der Waals surface area contributed by atoms with Gasteiger partial charge in [0.25, 0.3) is 0 Å². The molecular weight excluding hydrogens is 332 g/mol. The number of pyridine rings is 1. The molecule has 3 aromatic rings. The first-order valence-corrected chi connectivity index (χ1v) is 8.04. The minimum atomic E-state index is -0.522. The van der Waals surface area contributed by atoms with Crippen LogP contribution >= 0.6 is 0 Å². The predicted octanol–water partition coefficient (Wildman–Crippen LogP) is 3.25. The molecule has 2 heterocycles. The highest BCUT2D eigenvalue weighted by Crippen LogP contribution is 2.27. The van der Waals surface area contributed by atoms with E-state index in [1.54, 1.807) is 19.4 Å². The molecule has 0 unspecified atom stereocenters. The largest absolute Gasteiger partial charge is 0.493 e. The molecular formula is C20H18N2O4. The van der Waals surface area contributed by atoms with Crippen LogP contribution in [0.5, 0.6) is 11.5 Å². The summed E-state index contributed by atoms with van der Waals surface area (Å²) in [4.78, 5) is 12.0. The molecule has 0 atom stereocenters. The average molecular weight is 350 g/mol. The molecule has 0 radical (unpaired) electrons. The second-order valence-corrected chi connectivity index (χ2v) is 5.74. The third-order valence-electron chi connectivity index (χ3n) is 3.93. The lowest BCUT2D eigenvalue weighted by Gasteiger charge is -2.11. The van der Waals surface area contributed by atoms with Crippen LogP contribution in [0.4, 0.5) is 0 Å². The highest BCUT2D eigenvalue weighted by atomic mass is 16.6. The van der Waals surface area contributed by atoms with E-state index in [1.807, 2.05) is 47.9 Å². The summed E-state index contributed by atoms with van der Waals surface area (Å²) in [6, 6.07) is 13.2. The first-order valence-electron chi connectivity index (χ1n) is 8.04. The van der Waals surface area contributed by atoms with E-state index in [0.29, 0.717) is 22.6 Å². The number of esters is 1. The molecule has 0 spiro atoms. The Labute approximate surface area is 151 Å². The maximum absolute atomic E-state index is 12.0. The molecule has 0 aliphatic rings. The molecule has 0 bridgehead atoms. The van der Waals surface area contributed by atoms with E-state index in [-0.39, 0.29) is 13.2 Å². The van der Waals surface area contributed by atoms with E-state index in [9.17, 15) is 10.1 Å². The number of carbonyl (C=O) groups excluding carboxylic acids is 1. The highest BCUT2D eigenvalue weighted by molar-refractivity contribution is 5.72. The zero-order chi connectivity index (χ0) is 18.5. The summed E-state index contributed by atoms with van der Waals surface area (Å²) in [7, 11) is 1.54. The molecule has 132 valence electrons. The molecule has 0 saturated heterocycles. The average Bonchev–Trinajstić information content (AvgIpc) is 3.02. The second kappa shape index (κ2) is 7.62. The van der Waals surface area contributed by atoms with Gasteiger partial charge in [-0.2, -0.15) is 5.26 Å². The molecule has 0 fully saturated rings. The molecule has 2 aromatic heterocycles. The van der Waals surface area contributed by atoms with Crippen LogP contribution in [0.25, 0.3) is 5.52 Å². The Bertz CT molecular complexity index is 985. The molecule has 1 aromatic carbocycles.